The third kappa shape index (κ3) is 2.10. The van der Waals surface area contributed by atoms with Crippen LogP contribution in [0.2, 0.25) is 0 Å². The standard InChI is InChI=1S/C12H14FN3/c1-3-9(2)12-8-16(15-14-12)11-6-4-10(13)5-7-11/h4-9H,3H2,1-2H3. The number of benzene rings is 1. The number of aromatic nitrogens is 3. The summed E-state index contributed by atoms with van der Waals surface area (Å²) in [5.74, 6) is 0.153. The maximum absolute atomic E-state index is 12.7. The summed E-state index contributed by atoms with van der Waals surface area (Å²) in [6, 6.07) is 6.20. The van der Waals surface area contributed by atoms with E-state index in [-0.39, 0.29) is 5.82 Å². The van der Waals surface area contributed by atoms with Crippen molar-refractivity contribution < 1.29 is 4.39 Å². The van der Waals surface area contributed by atoms with E-state index >= 15 is 0 Å². The minimum Gasteiger partial charge on any atom is -0.220 e. The Bertz CT molecular complexity index is 461. The van der Waals surface area contributed by atoms with Gasteiger partial charge in [0.25, 0.3) is 0 Å². The van der Waals surface area contributed by atoms with E-state index in [1.807, 2.05) is 6.20 Å². The van der Waals surface area contributed by atoms with E-state index < -0.39 is 0 Å². The molecule has 2 aromatic rings. The van der Waals surface area contributed by atoms with Crippen molar-refractivity contribution in [3.05, 3.63) is 42.0 Å². The summed E-state index contributed by atoms with van der Waals surface area (Å²) in [6.07, 6.45) is 2.92. The third-order valence-electron chi connectivity index (χ3n) is 2.72. The van der Waals surface area contributed by atoms with E-state index in [1.54, 1.807) is 16.8 Å². The maximum Gasteiger partial charge on any atom is 0.123 e. The van der Waals surface area contributed by atoms with Gasteiger partial charge in [-0.2, -0.15) is 0 Å². The van der Waals surface area contributed by atoms with Crippen molar-refractivity contribution in [3.63, 3.8) is 0 Å². The molecule has 0 amide bonds. The van der Waals surface area contributed by atoms with E-state index in [9.17, 15) is 4.39 Å². The smallest absolute Gasteiger partial charge is 0.123 e. The summed E-state index contributed by atoms with van der Waals surface area (Å²) in [4.78, 5) is 0. The van der Waals surface area contributed by atoms with Crippen molar-refractivity contribution in [2.45, 2.75) is 26.2 Å². The van der Waals surface area contributed by atoms with Crippen LogP contribution < -0.4 is 0 Å². The number of hydrogen-bond donors (Lipinski definition) is 0. The molecule has 0 aliphatic rings. The molecule has 0 bridgehead atoms. The van der Waals surface area contributed by atoms with Gasteiger partial charge in [0, 0.05) is 5.92 Å². The van der Waals surface area contributed by atoms with Crippen LogP contribution in [0.1, 0.15) is 31.9 Å². The lowest BCUT2D eigenvalue weighted by Crippen LogP contribution is -1.94. The molecule has 16 heavy (non-hydrogen) atoms. The van der Waals surface area contributed by atoms with Crippen LogP contribution in [-0.2, 0) is 0 Å². The lowest BCUT2D eigenvalue weighted by molar-refractivity contribution is 0.626. The van der Waals surface area contributed by atoms with Gasteiger partial charge in [0.1, 0.15) is 5.82 Å². The van der Waals surface area contributed by atoms with Gasteiger partial charge < -0.3 is 0 Å². The molecule has 1 aromatic carbocycles. The van der Waals surface area contributed by atoms with Crippen LogP contribution in [0.15, 0.2) is 30.5 Å². The van der Waals surface area contributed by atoms with E-state index in [4.69, 9.17) is 0 Å². The van der Waals surface area contributed by atoms with Crippen LogP contribution in [0.5, 0.6) is 0 Å². The van der Waals surface area contributed by atoms with Crippen LogP contribution in [0.4, 0.5) is 4.39 Å². The van der Waals surface area contributed by atoms with Crippen LogP contribution >= 0.6 is 0 Å². The van der Waals surface area contributed by atoms with Crippen LogP contribution in [0.25, 0.3) is 5.69 Å². The molecule has 84 valence electrons. The second-order valence-corrected chi connectivity index (χ2v) is 3.87. The summed E-state index contributed by atoms with van der Waals surface area (Å²) < 4.78 is 14.4. The highest BCUT2D eigenvalue weighted by Crippen LogP contribution is 2.16. The van der Waals surface area contributed by atoms with Gasteiger partial charge in [0.05, 0.1) is 17.6 Å². The molecule has 1 heterocycles. The molecular weight excluding hydrogens is 205 g/mol. The lowest BCUT2D eigenvalue weighted by Gasteiger charge is -2.01. The van der Waals surface area contributed by atoms with Crippen LogP contribution in [0, 0.1) is 5.82 Å². The molecule has 0 fully saturated rings. The fraction of sp³-hybridized carbons (Fsp3) is 0.333. The first-order valence-electron chi connectivity index (χ1n) is 5.39. The Morgan fingerprint density at radius 3 is 2.62 bits per heavy atom. The van der Waals surface area contributed by atoms with E-state index in [1.165, 1.54) is 12.1 Å². The fourth-order valence-electron chi connectivity index (χ4n) is 1.43. The largest absolute Gasteiger partial charge is 0.220 e. The van der Waals surface area contributed by atoms with Crippen molar-refractivity contribution in [3.8, 4) is 5.69 Å². The average molecular weight is 219 g/mol. The summed E-state index contributed by atoms with van der Waals surface area (Å²) in [7, 11) is 0. The van der Waals surface area contributed by atoms with Crippen molar-refractivity contribution >= 4 is 0 Å². The second-order valence-electron chi connectivity index (χ2n) is 3.87. The van der Waals surface area contributed by atoms with Gasteiger partial charge in [-0.05, 0) is 30.7 Å². The molecule has 2 rings (SSSR count). The Morgan fingerprint density at radius 1 is 1.31 bits per heavy atom. The zero-order valence-electron chi connectivity index (χ0n) is 9.39. The van der Waals surface area contributed by atoms with Crippen molar-refractivity contribution in [1.82, 2.24) is 15.0 Å². The van der Waals surface area contributed by atoms with Crippen molar-refractivity contribution in [1.29, 1.82) is 0 Å². The quantitative estimate of drug-likeness (QED) is 0.794. The molecule has 0 aliphatic heterocycles. The Kier molecular flexibility index (Phi) is 2.99. The first kappa shape index (κ1) is 10.8. The van der Waals surface area contributed by atoms with Crippen LogP contribution in [-0.4, -0.2) is 15.0 Å². The number of hydrogen-bond acceptors (Lipinski definition) is 2. The molecule has 0 spiro atoms. The Labute approximate surface area is 93.9 Å². The minimum atomic E-state index is -0.244. The van der Waals surface area contributed by atoms with E-state index in [2.05, 4.69) is 24.2 Å². The van der Waals surface area contributed by atoms with E-state index in [0.717, 1.165) is 17.8 Å². The summed E-state index contributed by atoms with van der Waals surface area (Å²) >= 11 is 0. The fourth-order valence-corrected chi connectivity index (χ4v) is 1.43. The number of nitrogens with zero attached hydrogens (tertiary/aromatic N) is 3. The van der Waals surface area contributed by atoms with Gasteiger partial charge in [-0.3, -0.25) is 0 Å². The van der Waals surface area contributed by atoms with Gasteiger partial charge in [-0.15, -0.1) is 5.10 Å². The first-order chi connectivity index (χ1) is 7.70. The highest BCUT2D eigenvalue weighted by Gasteiger charge is 2.08. The Hall–Kier alpha value is -1.71. The Balaban J connectivity index is 2.28. The SMILES string of the molecule is CCC(C)c1cn(-c2ccc(F)cc2)nn1. The van der Waals surface area contributed by atoms with Gasteiger partial charge in [-0.1, -0.05) is 19.1 Å². The van der Waals surface area contributed by atoms with Gasteiger partial charge in [0.15, 0.2) is 0 Å². The van der Waals surface area contributed by atoms with Gasteiger partial charge >= 0.3 is 0 Å². The average Bonchev–Trinajstić information content (AvgIpc) is 2.78. The third-order valence-corrected chi connectivity index (χ3v) is 2.72. The molecule has 1 aromatic heterocycles. The van der Waals surface area contributed by atoms with Gasteiger partial charge in [0.2, 0.25) is 0 Å². The highest BCUT2D eigenvalue weighted by atomic mass is 19.1. The zero-order chi connectivity index (χ0) is 11.5. The maximum atomic E-state index is 12.7. The Morgan fingerprint density at radius 2 is 2.00 bits per heavy atom. The van der Waals surface area contributed by atoms with Gasteiger partial charge in [-0.25, -0.2) is 9.07 Å². The molecule has 0 saturated heterocycles. The molecule has 0 aliphatic carbocycles. The number of halogens is 1. The molecular formula is C12H14FN3. The normalized spacial score (nSPS) is 12.7. The highest BCUT2D eigenvalue weighted by molar-refractivity contribution is 5.30. The molecule has 1 unspecified atom stereocenters. The molecule has 0 radical (unpaired) electrons. The monoisotopic (exact) mass is 219 g/mol. The minimum absolute atomic E-state index is 0.244. The molecule has 3 nitrogen and oxygen atoms in total. The molecule has 4 heteroatoms. The second kappa shape index (κ2) is 4.43. The number of rotatable bonds is 3. The van der Waals surface area contributed by atoms with E-state index in [0.29, 0.717) is 5.92 Å². The topological polar surface area (TPSA) is 30.7 Å². The van der Waals surface area contributed by atoms with Crippen molar-refractivity contribution in [2.75, 3.05) is 0 Å². The summed E-state index contributed by atoms with van der Waals surface area (Å²) in [5, 5.41) is 8.13. The van der Waals surface area contributed by atoms with Crippen molar-refractivity contribution in [2.24, 2.45) is 0 Å². The zero-order valence-corrected chi connectivity index (χ0v) is 9.39. The predicted octanol–water partition coefficient (Wildman–Crippen LogP) is 2.92. The molecule has 0 saturated carbocycles. The molecule has 0 N–H and O–H groups in total. The van der Waals surface area contributed by atoms with Crippen LogP contribution in [0.3, 0.4) is 0 Å². The molecule has 1 atom stereocenters. The first-order valence-corrected chi connectivity index (χ1v) is 5.39. The summed E-state index contributed by atoms with van der Waals surface area (Å²) in [6.45, 7) is 4.22. The predicted molar refractivity (Wildman–Crippen MR) is 60.0 cm³/mol. The summed E-state index contributed by atoms with van der Waals surface area (Å²) in [5.41, 5.74) is 1.79. The lowest BCUT2D eigenvalue weighted by atomic mass is 10.1.